The number of hydrogen-bond acceptors (Lipinski definition) is 4. The molecule has 0 saturated carbocycles. The summed E-state index contributed by atoms with van der Waals surface area (Å²) in [5.74, 6) is -1.36. The first-order valence-corrected chi connectivity index (χ1v) is 3.99. The van der Waals surface area contributed by atoms with E-state index in [1.807, 2.05) is 0 Å². The van der Waals surface area contributed by atoms with Gasteiger partial charge in [0.15, 0.2) is 0 Å². The van der Waals surface area contributed by atoms with Gasteiger partial charge in [0.1, 0.15) is 6.54 Å². The third-order valence-electron chi connectivity index (χ3n) is 1.50. The van der Waals surface area contributed by atoms with E-state index >= 15 is 0 Å². The summed E-state index contributed by atoms with van der Waals surface area (Å²) in [7, 11) is 0. The number of epoxide rings is 1. The molecule has 3 N–H and O–H groups in total. The predicted octanol–water partition coefficient (Wildman–Crippen LogP) is -1.82. The maximum Gasteiger partial charge on any atom is 0.322 e. The van der Waals surface area contributed by atoms with E-state index in [1.165, 1.54) is 0 Å². The van der Waals surface area contributed by atoms with E-state index in [-0.39, 0.29) is 25.1 Å². The molecule has 0 aromatic rings. The van der Waals surface area contributed by atoms with Crippen molar-refractivity contribution < 1.29 is 19.4 Å². The molecular weight excluding hydrogens is 176 g/mol. The van der Waals surface area contributed by atoms with Crippen molar-refractivity contribution in [2.24, 2.45) is 0 Å². The van der Waals surface area contributed by atoms with Crippen molar-refractivity contribution in [3.05, 3.63) is 0 Å². The summed E-state index contributed by atoms with van der Waals surface area (Å²) in [6.45, 7) is 1.18. The molecule has 1 amide bonds. The molecule has 0 aliphatic carbocycles. The number of carbonyl (C=O) groups is 2. The Morgan fingerprint density at radius 3 is 2.69 bits per heavy atom. The fourth-order valence-corrected chi connectivity index (χ4v) is 0.769. The van der Waals surface area contributed by atoms with E-state index in [2.05, 4.69) is 10.6 Å². The molecule has 6 heteroatoms. The lowest BCUT2D eigenvalue weighted by Gasteiger charge is -2.02. The number of aliphatic carboxylic acids is 1. The molecule has 1 aliphatic rings. The van der Waals surface area contributed by atoms with Gasteiger partial charge >= 0.3 is 5.97 Å². The Morgan fingerprint density at radius 2 is 2.15 bits per heavy atom. The number of ether oxygens (including phenoxy) is 1. The van der Waals surface area contributed by atoms with Gasteiger partial charge in [-0.1, -0.05) is 0 Å². The maximum atomic E-state index is 10.9. The number of rotatable bonds is 6. The molecule has 0 bridgehead atoms. The van der Waals surface area contributed by atoms with E-state index in [0.29, 0.717) is 6.54 Å². The molecule has 13 heavy (non-hydrogen) atoms. The molecule has 6 nitrogen and oxygen atoms in total. The van der Waals surface area contributed by atoms with Crippen LogP contribution in [0.2, 0.25) is 0 Å². The van der Waals surface area contributed by atoms with Crippen molar-refractivity contribution in [1.29, 1.82) is 0 Å². The van der Waals surface area contributed by atoms with E-state index in [1.54, 1.807) is 0 Å². The van der Waals surface area contributed by atoms with Crippen LogP contribution in [-0.2, 0) is 14.3 Å². The summed E-state index contributed by atoms with van der Waals surface area (Å²) in [6.07, 6.45) is 0.229. The summed E-state index contributed by atoms with van der Waals surface area (Å²) in [5, 5.41) is 13.3. The first-order chi connectivity index (χ1) is 6.18. The molecule has 1 saturated heterocycles. The Hall–Kier alpha value is -1.14. The SMILES string of the molecule is O=C(O)CNC(=O)CNCC1CO1. The van der Waals surface area contributed by atoms with E-state index in [4.69, 9.17) is 9.84 Å². The Balaban J connectivity index is 1.93. The summed E-state index contributed by atoms with van der Waals surface area (Å²) in [5.41, 5.74) is 0. The summed E-state index contributed by atoms with van der Waals surface area (Å²) < 4.78 is 4.90. The molecule has 1 unspecified atom stereocenters. The van der Waals surface area contributed by atoms with Gasteiger partial charge in [-0.05, 0) is 0 Å². The molecule has 1 heterocycles. The average molecular weight is 188 g/mol. The van der Waals surface area contributed by atoms with E-state index < -0.39 is 5.97 Å². The Morgan fingerprint density at radius 1 is 1.46 bits per heavy atom. The molecule has 1 atom stereocenters. The zero-order chi connectivity index (χ0) is 9.68. The lowest BCUT2D eigenvalue weighted by Crippen LogP contribution is -2.37. The number of hydrogen-bond donors (Lipinski definition) is 3. The van der Waals surface area contributed by atoms with E-state index in [0.717, 1.165) is 6.61 Å². The van der Waals surface area contributed by atoms with Crippen LogP contribution in [0.4, 0.5) is 0 Å². The van der Waals surface area contributed by atoms with Crippen LogP contribution in [0.5, 0.6) is 0 Å². The summed E-state index contributed by atoms with van der Waals surface area (Å²) in [6, 6.07) is 0. The molecule has 0 aromatic heterocycles. The normalized spacial score (nSPS) is 19.5. The first-order valence-electron chi connectivity index (χ1n) is 3.99. The fraction of sp³-hybridized carbons (Fsp3) is 0.714. The molecule has 0 aromatic carbocycles. The Bertz CT molecular complexity index is 203. The quantitative estimate of drug-likeness (QED) is 0.427. The topological polar surface area (TPSA) is 91.0 Å². The number of carboxylic acid groups (broad SMARTS) is 1. The van der Waals surface area contributed by atoms with Crippen LogP contribution in [0.1, 0.15) is 0 Å². The summed E-state index contributed by atoms with van der Waals surface area (Å²) in [4.78, 5) is 20.9. The lowest BCUT2D eigenvalue weighted by molar-refractivity contribution is -0.137. The minimum absolute atomic E-state index is 0.132. The molecular formula is C7H12N2O4. The standard InChI is InChI=1S/C7H12N2O4/c10-6(9-3-7(11)12)2-8-1-5-4-13-5/h5,8H,1-4H2,(H,9,10)(H,11,12). The first kappa shape index (κ1) is 9.94. The monoisotopic (exact) mass is 188 g/mol. The van der Waals surface area contributed by atoms with Crippen molar-refractivity contribution >= 4 is 11.9 Å². The van der Waals surface area contributed by atoms with Crippen LogP contribution < -0.4 is 10.6 Å². The smallest absolute Gasteiger partial charge is 0.322 e. The lowest BCUT2D eigenvalue weighted by atomic mass is 10.4. The predicted molar refractivity (Wildman–Crippen MR) is 43.3 cm³/mol. The minimum atomic E-state index is -1.04. The molecule has 1 aliphatic heterocycles. The number of carboxylic acids is 1. The second-order valence-corrected chi connectivity index (χ2v) is 2.76. The van der Waals surface area contributed by atoms with Crippen LogP contribution in [0, 0.1) is 0 Å². The average Bonchev–Trinajstić information content (AvgIpc) is 2.84. The molecule has 0 radical (unpaired) electrons. The second-order valence-electron chi connectivity index (χ2n) is 2.76. The fourth-order valence-electron chi connectivity index (χ4n) is 0.769. The van der Waals surface area contributed by atoms with Crippen LogP contribution in [0.15, 0.2) is 0 Å². The number of amides is 1. The van der Waals surface area contributed by atoms with Crippen molar-refractivity contribution in [3.8, 4) is 0 Å². The van der Waals surface area contributed by atoms with Gasteiger partial charge in [0.05, 0.1) is 19.3 Å². The van der Waals surface area contributed by atoms with Crippen molar-refractivity contribution in [2.75, 3.05) is 26.2 Å². The summed E-state index contributed by atoms with van der Waals surface area (Å²) >= 11 is 0. The largest absolute Gasteiger partial charge is 0.480 e. The minimum Gasteiger partial charge on any atom is -0.480 e. The zero-order valence-electron chi connectivity index (χ0n) is 7.08. The van der Waals surface area contributed by atoms with Crippen LogP contribution in [0.25, 0.3) is 0 Å². The highest BCUT2D eigenvalue weighted by Gasteiger charge is 2.21. The van der Waals surface area contributed by atoms with Gasteiger partial charge in [-0.3, -0.25) is 9.59 Å². The van der Waals surface area contributed by atoms with Crippen molar-refractivity contribution in [2.45, 2.75) is 6.10 Å². The molecule has 0 spiro atoms. The zero-order valence-corrected chi connectivity index (χ0v) is 7.08. The van der Waals surface area contributed by atoms with Crippen molar-refractivity contribution in [3.63, 3.8) is 0 Å². The van der Waals surface area contributed by atoms with Gasteiger partial charge in [-0.25, -0.2) is 0 Å². The van der Waals surface area contributed by atoms with Gasteiger partial charge in [0.25, 0.3) is 0 Å². The number of carbonyl (C=O) groups excluding carboxylic acids is 1. The molecule has 74 valence electrons. The third kappa shape index (κ3) is 5.15. The van der Waals surface area contributed by atoms with Crippen LogP contribution >= 0.6 is 0 Å². The highest BCUT2D eigenvalue weighted by atomic mass is 16.6. The van der Waals surface area contributed by atoms with Gasteiger partial charge in [0.2, 0.25) is 5.91 Å². The van der Waals surface area contributed by atoms with Gasteiger partial charge in [-0.15, -0.1) is 0 Å². The number of nitrogens with one attached hydrogen (secondary N) is 2. The Kier molecular flexibility index (Phi) is 3.66. The maximum absolute atomic E-state index is 10.9. The highest BCUT2D eigenvalue weighted by molar-refractivity contribution is 5.82. The van der Waals surface area contributed by atoms with Gasteiger partial charge in [-0.2, -0.15) is 0 Å². The van der Waals surface area contributed by atoms with E-state index in [9.17, 15) is 9.59 Å². The van der Waals surface area contributed by atoms with Crippen molar-refractivity contribution in [1.82, 2.24) is 10.6 Å². The Labute approximate surface area is 75.3 Å². The van der Waals surface area contributed by atoms with Gasteiger partial charge < -0.3 is 20.5 Å². The van der Waals surface area contributed by atoms with Crippen LogP contribution in [-0.4, -0.2) is 49.3 Å². The van der Waals surface area contributed by atoms with Gasteiger partial charge in [0, 0.05) is 6.54 Å². The van der Waals surface area contributed by atoms with Crippen LogP contribution in [0.3, 0.4) is 0 Å². The molecule has 1 rings (SSSR count). The second kappa shape index (κ2) is 4.78. The molecule has 1 fully saturated rings. The highest BCUT2D eigenvalue weighted by Crippen LogP contribution is 2.05. The third-order valence-corrected chi connectivity index (χ3v) is 1.50.